The molecular formula is C23H25NO5. The first kappa shape index (κ1) is 19.3. The number of hydrogen-bond acceptors (Lipinski definition) is 5. The molecule has 0 saturated heterocycles. The second-order valence-electron chi connectivity index (χ2n) is 7.62. The van der Waals surface area contributed by atoms with Gasteiger partial charge in [-0.15, -0.1) is 0 Å². The zero-order valence-electron chi connectivity index (χ0n) is 16.7. The van der Waals surface area contributed by atoms with Crippen molar-refractivity contribution in [3.63, 3.8) is 0 Å². The minimum Gasteiger partial charge on any atom is -0.495 e. The van der Waals surface area contributed by atoms with Crippen LogP contribution in [0.2, 0.25) is 0 Å². The van der Waals surface area contributed by atoms with E-state index in [9.17, 15) is 9.59 Å². The number of para-hydroxylation sites is 1. The van der Waals surface area contributed by atoms with Gasteiger partial charge in [0.05, 0.1) is 12.8 Å². The highest BCUT2D eigenvalue weighted by atomic mass is 16.5. The Morgan fingerprint density at radius 3 is 2.66 bits per heavy atom. The van der Waals surface area contributed by atoms with Crippen LogP contribution in [0.25, 0.3) is 21.9 Å². The van der Waals surface area contributed by atoms with Crippen LogP contribution in [0.5, 0.6) is 5.75 Å². The predicted molar refractivity (Wildman–Crippen MR) is 111 cm³/mol. The predicted octanol–water partition coefficient (Wildman–Crippen LogP) is 5.05. The van der Waals surface area contributed by atoms with Crippen LogP contribution in [-0.2, 0) is 14.3 Å². The Morgan fingerprint density at radius 2 is 1.90 bits per heavy atom. The van der Waals surface area contributed by atoms with Crippen molar-refractivity contribution in [2.75, 3.05) is 12.4 Å². The fourth-order valence-corrected chi connectivity index (χ4v) is 4.00. The number of furan rings is 1. The quantitative estimate of drug-likeness (QED) is 0.591. The molecule has 1 aromatic heterocycles. The monoisotopic (exact) mass is 395 g/mol. The van der Waals surface area contributed by atoms with Crippen molar-refractivity contribution in [2.45, 2.75) is 45.1 Å². The van der Waals surface area contributed by atoms with E-state index < -0.39 is 12.0 Å². The van der Waals surface area contributed by atoms with Gasteiger partial charge in [-0.3, -0.25) is 9.59 Å². The lowest BCUT2D eigenvalue weighted by Crippen LogP contribution is -2.30. The van der Waals surface area contributed by atoms with Crippen LogP contribution in [-0.4, -0.2) is 25.1 Å². The number of rotatable bonds is 6. The summed E-state index contributed by atoms with van der Waals surface area (Å²) in [6.45, 7) is 1.58. The van der Waals surface area contributed by atoms with Crippen molar-refractivity contribution in [1.82, 2.24) is 0 Å². The van der Waals surface area contributed by atoms with Crippen LogP contribution in [0, 0.1) is 5.92 Å². The third kappa shape index (κ3) is 4.06. The van der Waals surface area contributed by atoms with E-state index >= 15 is 0 Å². The number of benzene rings is 2. The lowest BCUT2D eigenvalue weighted by Gasteiger charge is -2.16. The SMILES string of the molecule is COc1cc2c(cc1NC(=O)[C@@H](C)OC(=O)CC1CCCC1)oc1ccccc12. The number of hydrogen-bond donors (Lipinski definition) is 1. The van der Waals surface area contributed by atoms with Gasteiger partial charge in [-0.2, -0.15) is 0 Å². The van der Waals surface area contributed by atoms with Gasteiger partial charge in [0, 0.05) is 23.3 Å². The number of ether oxygens (including phenoxy) is 2. The van der Waals surface area contributed by atoms with Gasteiger partial charge in [0.1, 0.15) is 16.9 Å². The zero-order valence-corrected chi connectivity index (χ0v) is 16.7. The molecule has 0 spiro atoms. The molecule has 0 unspecified atom stereocenters. The molecule has 1 fully saturated rings. The second kappa shape index (κ2) is 8.15. The normalized spacial score (nSPS) is 15.5. The van der Waals surface area contributed by atoms with Crippen molar-refractivity contribution in [1.29, 1.82) is 0 Å². The van der Waals surface area contributed by atoms with Crippen molar-refractivity contribution < 1.29 is 23.5 Å². The number of amides is 1. The minimum atomic E-state index is -0.889. The number of carbonyl (C=O) groups excluding carboxylic acids is 2. The van der Waals surface area contributed by atoms with Gasteiger partial charge in [-0.05, 0) is 37.8 Å². The van der Waals surface area contributed by atoms with E-state index in [1.165, 1.54) is 0 Å². The highest BCUT2D eigenvalue weighted by Gasteiger charge is 2.24. The van der Waals surface area contributed by atoms with E-state index in [2.05, 4.69) is 5.32 Å². The summed E-state index contributed by atoms with van der Waals surface area (Å²) in [6, 6.07) is 11.3. The number of anilines is 1. The zero-order chi connectivity index (χ0) is 20.4. The summed E-state index contributed by atoms with van der Waals surface area (Å²) in [5.74, 6) is 0.174. The number of fused-ring (bicyclic) bond motifs is 3. The smallest absolute Gasteiger partial charge is 0.306 e. The lowest BCUT2D eigenvalue weighted by atomic mass is 10.0. The highest BCUT2D eigenvalue weighted by molar-refractivity contribution is 6.08. The first-order chi connectivity index (χ1) is 14.0. The molecule has 152 valence electrons. The Balaban J connectivity index is 1.49. The Labute approximate surface area is 169 Å². The van der Waals surface area contributed by atoms with Crippen LogP contribution in [0.4, 0.5) is 5.69 Å². The van der Waals surface area contributed by atoms with Gasteiger partial charge in [-0.1, -0.05) is 31.0 Å². The van der Waals surface area contributed by atoms with Crippen LogP contribution in [0.3, 0.4) is 0 Å². The molecule has 1 heterocycles. The summed E-state index contributed by atoms with van der Waals surface area (Å²) < 4.78 is 16.7. The Morgan fingerprint density at radius 1 is 1.14 bits per heavy atom. The van der Waals surface area contributed by atoms with Crippen molar-refractivity contribution in [3.05, 3.63) is 36.4 Å². The summed E-state index contributed by atoms with van der Waals surface area (Å²) in [5, 5.41) is 4.68. The molecular weight excluding hydrogens is 370 g/mol. The molecule has 1 atom stereocenters. The Bertz CT molecular complexity index is 1050. The Kier molecular flexibility index (Phi) is 5.43. The van der Waals surface area contributed by atoms with E-state index in [4.69, 9.17) is 13.9 Å². The molecule has 1 N–H and O–H groups in total. The highest BCUT2D eigenvalue weighted by Crippen LogP contribution is 2.36. The number of carbonyl (C=O) groups is 2. The largest absolute Gasteiger partial charge is 0.495 e. The van der Waals surface area contributed by atoms with Crippen LogP contribution in [0.15, 0.2) is 40.8 Å². The molecule has 29 heavy (non-hydrogen) atoms. The van der Waals surface area contributed by atoms with E-state index in [-0.39, 0.29) is 5.97 Å². The van der Waals surface area contributed by atoms with Gasteiger partial charge in [0.15, 0.2) is 6.10 Å². The summed E-state index contributed by atoms with van der Waals surface area (Å²) >= 11 is 0. The molecule has 4 rings (SSSR count). The lowest BCUT2D eigenvalue weighted by molar-refractivity contribution is -0.154. The molecule has 6 heteroatoms. The number of nitrogens with one attached hydrogen (secondary N) is 1. The Hall–Kier alpha value is -3.02. The maximum Gasteiger partial charge on any atom is 0.306 e. The third-order valence-electron chi connectivity index (χ3n) is 5.56. The van der Waals surface area contributed by atoms with Gasteiger partial charge in [0.2, 0.25) is 0 Å². The fraction of sp³-hybridized carbons (Fsp3) is 0.391. The molecule has 3 aromatic rings. The van der Waals surface area contributed by atoms with Gasteiger partial charge in [0.25, 0.3) is 5.91 Å². The average molecular weight is 395 g/mol. The number of methoxy groups -OCH3 is 1. The minimum absolute atomic E-state index is 0.320. The van der Waals surface area contributed by atoms with E-state index in [0.29, 0.717) is 29.4 Å². The standard InChI is InChI=1S/C23H25NO5/c1-14(28-22(25)11-15-7-3-4-8-15)23(26)24-18-13-20-17(12-21(18)27-2)16-9-5-6-10-19(16)29-20/h5-6,9-10,12-15H,3-4,7-8,11H2,1-2H3,(H,24,26)/t14-/m1/s1. The molecule has 0 radical (unpaired) electrons. The summed E-state index contributed by atoms with van der Waals surface area (Å²) in [6.07, 6.45) is 3.94. The maximum atomic E-state index is 12.6. The number of esters is 1. The molecule has 1 aliphatic carbocycles. The topological polar surface area (TPSA) is 77.8 Å². The van der Waals surface area contributed by atoms with Crippen LogP contribution >= 0.6 is 0 Å². The molecule has 1 saturated carbocycles. The first-order valence-corrected chi connectivity index (χ1v) is 10.0. The summed E-state index contributed by atoms with van der Waals surface area (Å²) in [4.78, 5) is 24.7. The summed E-state index contributed by atoms with van der Waals surface area (Å²) in [5.41, 5.74) is 1.89. The van der Waals surface area contributed by atoms with Crippen molar-refractivity contribution >= 4 is 39.5 Å². The van der Waals surface area contributed by atoms with Crippen LogP contribution < -0.4 is 10.1 Å². The van der Waals surface area contributed by atoms with E-state index in [1.54, 1.807) is 20.1 Å². The molecule has 1 aliphatic rings. The second-order valence-corrected chi connectivity index (χ2v) is 7.62. The van der Waals surface area contributed by atoms with Crippen molar-refractivity contribution in [2.24, 2.45) is 5.92 Å². The molecule has 0 bridgehead atoms. The first-order valence-electron chi connectivity index (χ1n) is 10.0. The molecule has 6 nitrogen and oxygen atoms in total. The fourth-order valence-electron chi connectivity index (χ4n) is 4.00. The van der Waals surface area contributed by atoms with E-state index in [1.807, 2.05) is 30.3 Å². The third-order valence-corrected chi connectivity index (χ3v) is 5.56. The van der Waals surface area contributed by atoms with E-state index in [0.717, 1.165) is 42.0 Å². The molecule has 1 amide bonds. The van der Waals surface area contributed by atoms with Gasteiger partial charge in [-0.25, -0.2) is 0 Å². The maximum absolute atomic E-state index is 12.6. The van der Waals surface area contributed by atoms with Crippen LogP contribution in [0.1, 0.15) is 39.0 Å². The molecule has 2 aromatic carbocycles. The average Bonchev–Trinajstić information content (AvgIpc) is 3.34. The molecule has 0 aliphatic heterocycles. The van der Waals surface area contributed by atoms with Gasteiger partial charge >= 0.3 is 5.97 Å². The summed E-state index contributed by atoms with van der Waals surface area (Å²) in [7, 11) is 1.55. The van der Waals surface area contributed by atoms with Crippen molar-refractivity contribution in [3.8, 4) is 5.75 Å². The van der Waals surface area contributed by atoms with Gasteiger partial charge < -0.3 is 19.2 Å².